The molecular weight excluding hydrogens is 308 g/mol. The lowest BCUT2D eigenvalue weighted by Gasteiger charge is -2.13. The van der Waals surface area contributed by atoms with Crippen LogP contribution < -0.4 is 4.68 Å². The molecule has 2 aromatic carbocycles. The maximum atomic E-state index is 4.43. The van der Waals surface area contributed by atoms with Gasteiger partial charge in [-0.25, -0.2) is 0 Å². The summed E-state index contributed by atoms with van der Waals surface area (Å²) in [5.74, 6) is 0.403. The zero-order chi connectivity index (χ0) is 17.6. The van der Waals surface area contributed by atoms with E-state index in [1.165, 1.54) is 32.9 Å². The molecule has 25 heavy (non-hydrogen) atoms. The maximum Gasteiger partial charge on any atom is 0.203 e. The van der Waals surface area contributed by atoms with Gasteiger partial charge in [-0.2, -0.15) is 9.78 Å². The van der Waals surface area contributed by atoms with Crippen molar-refractivity contribution in [1.29, 1.82) is 0 Å². The van der Waals surface area contributed by atoms with E-state index in [2.05, 4.69) is 78.0 Å². The first-order valence-corrected chi connectivity index (χ1v) is 8.97. The Morgan fingerprint density at radius 2 is 1.84 bits per heavy atom. The lowest BCUT2D eigenvalue weighted by atomic mass is 9.97. The van der Waals surface area contributed by atoms with E-state index in [9.17, 15) is 0 Å². The van der Waals surface area contributed by atoms with Crippen LogP contribution in [-0.2, 0) is 27.1 Å². The molecule has 0 radical (unpaired) electrons. The minimum absolute atomic E-state index is 0.403. The van der Waals surface area contributed by atoms with Crippen molar-refractivity contribution in [3.63, 3.8) is 0 Å². The molecule has 4 rings (SSSR count). The van der Waals surface area contributed by atoms with Crippen molar-refractivity contribution in [1.82, 2.24) is 14.5 Å². The van der Waals surface area contributed by atoms with Gasteiger partial charge in [0, 0.05) is 18.4 Å². The first-order valence-electron chi connectivity index (χ1n) is 8.97. The fraction of sp³-hybridized carbons (Fsp3) is 0.333. The number of aryl methyl sites for hydroxylation is 3. The Balaban J connectivity index is 1.77. The summed E-state index contributed by atoms with van der Waals surface area (Å²) in [7, 11) is 4.14. The molecule has 0 aliphatic carbocycles. The molecule has 4 nitrogen and oxygen atoms in total. The number of hydrogen-bond acceptors (Lipinski definition) is 1. The van der Waals surface area contributed by atoms with Crippen LogP contribution in [0.5, 0.6) is 0 Å². The molecule has 0 saturated carbocycles. The Hall–Kier alpha value is -2.62. The molecule has 4 aromatic rings. The molecule has 0 unspecified atom stereocenters. The van der Waals surface area contributed by atoms with Gasteiger partial charge in [-0.3, -0.25) is 4.68 Å². The molecule has 0 amide bonds. The number of fused-ring (bicyclic) bond motifs is 2. The van der Waals surface area contributed by atoms with E-state index in [0.29, 0.717) is 5.92 Å². The van der Waals surface area contributed by atoms with Crippen LogP contribution in [0.25, 0.3) is 21.8 Å². The number of rotatable bonds is 4. The van der Waals surface area contributed by atoms with E-state index < -0.39 is 0 Å². The van der Waals surface area contributed by atoms with E-state index in [0.717, 1.165) is 13.0 Å². The SMILES string of the molecule is CCc1cccc2c1c[n+](C)n2C[C@H](C)c1cccc2c1cnn2C. The molecule has 0 N–H and O–H groups in total. The normalized spacial score (nSPS) is 13.0. The molecular formula is C21H25N4+. The van der Waals surface area contributed by atoms with Gasteiger partial charge in [-0.05, 0) is 29.7 Å². The summed E-state index contributed by atoms with van der Waals surface area (Å²) in [6, 6.07) is 13.1. The van der Waals surface area contributed by atoms with Crippen molar-refractivity contribution >= 4 is 21.8 Å². The minimum atomic E-state index is 0.403. The van der Waals surface area contributed by atoms with E-state index in [4.69, 9.17) is 0 Å². The Morgan fingerprint density at radius 3 is 2.64 bits per heavy atom. The molecule has 1 atom stereocenters. The first kappa shape index (κ1) is 15.9. The molecule has 2 heterocycles. The lowest BCUT2D eigenvalue weighted by Crippen LogP contribution is -2.39. The second kappa shape index (κ2) is 6.03. The van der Waals surface area contributed by atoms with E-state index >= 15 is 0 Å². The highest BCUT2D eigenvalue weighted by molar-refractivity contribution is 5.83. The van der Waals surface area contributed by atoms with Gasteiger partial charge >= 0.3 is 0 Å². The fourth-order valence-corrected chi connectivity index (χ4v) is 3.92. The van der Waals surface area contributed by atoms with Crippen LogP contribution in [0.4, 0.5) is 0 Å². The highest BCUT2D eigenvalue weighted by Gasteiger charge is 2.19. The molecule has 0 saturated heterocycles. The van der Waals surface area contributed by atoms with Crippen LogP contribution in [0, 0.1) is 0 Å². The van der Waals surface area contributed by atoms with Crippen molar-refractivity contribution < 1.29 is 4.68 Å². The number of hydrogen-bond donors (Lipinski definition) is 0. The highest BCUT2D eigenvalue weighted by atomic mass is 15.4. The summed E-state index contributed by atoms with van der Waals surface area (Å²) in [5.41, 5.74) is 5.28. The number of nitrogens with zero attached hydrogens (tertiary/aromatic N) is 4. The van der Waals surface area contributed by atoms with Gasteiger partial charge in [0.25, 0.3) is 0 Å². The van der Waals surface area contributed by atoms with Crippen LogP contribution in [0.2, 0.25) is 0 Å². The standard InChI is InChI=1S/C21H25N4/c1-5-16-8-6-11-21-19(16)14-23(3)25(21)13-15(2)17-9-7-10-20-18(17)12-22-24(20)4/h6-12,14-15H,5,13H2,1-4H3/q+1/t15-/m0/s1. The summed E-state index contributed by atoms with van der Waals surface area (Å²) in [4.78, 5) is 0. The van der Waals surface area contributed by atoms with Crippen LogP contribution in [0.3, 0.4) is 0 Å². The number of benzene rings is 2. The van der Waals surface area contributed by atoms with Crippen molar-refractivity contribution in [2.75, 3.05) is 0 Å². The highest BCUT2D eigenvalue weighted by Crippen LogP contribution is 2.27. The lowest BCUT2D eigenvalue weighted by molar-refractivity contribution is -0.751. The maximum absolute atomic E-state index is 4.43. The van der Waals surface area contributed by atoms with E-state index in [1.54, 1.807) is 0 Å². The Bertz CT molecular complexity index is 1050. The van der Waals surface area contributed by atoms with Gasteiger partial charge in [-0.1, -0.05) is 38.1 Å². The molecule has 128 valence electrons. The van der Waals surface area contributed by atoms with Crippen molar-refractivity contribution in [3.05, 3.63) is 59.9 Å². The molecule has 4 heteroatoms. The van der Waals surface area contributed by atoms with Gasteiger partial charge in [-0.15, -0.1) is 4.68 Å². The molecule has 2 aromatic heterocycles. The summed E-state index contributed by atoms with van der Waals surface area (Å²) in [5, 5.41) is 7.05. The van der Waals surface area contributed by atoms with Crippen molar-refractivity contribution in [2.45, 2.75) is 32.7 Å². The zero-order valence-electron chi connectivity index (χ0n) is 15.4. The summed E-state index contributed by atoms with van der Waals surface area (Å²) < 4.78 is 6.56. The second-order valence-electron chi connectivity index (χ2n) is 6.94. The average molecular weight is 333 g/mol. The molecule has 0 aliphatic heterocycles. The predicted octanol–water partition coefficient (Wildman–Crippen LogP) is 3.72. The summed E-state index contributed by atoms with van der Waals surface area (Å²) >= 11 is 0. The smallest absolute Gasteiger partial charge is 0.203 e. The summed E-state index contributed by atoms with van der Waals surface area (Å²) in [6.45, 7) is 5.47. The van der Waals surface area contributed by atoms with E-state index in [1.807, 2.05) is 17.9 Å². The number of aromatic nitrogens is 4. The molecule has 0 bridgehead atoms. The third kappa shape index (κ3) is 2.53. The van der Waals surface area contributed by atoms with Gasteiger partial charge in [0.1, 0.15) is 5.52 Å². The van der Waals surface area contributed by atoms with Crippen molar-refractivity contribution in [2.24, 2.45) is 14.1 Å². The quantitative estimate of drug-likeness (QED) is 0.523. The van der Waals surface area contributed by atoms with Crippen LogP contribution in [0.1, 0.15) is 30.9 Å². The third-order valence-electron chi connectivity index (χ3n) is 5.33. The van der Waals surface area contributed by atoms with Crippen LogP contribution in [0.15, 0.2) is 48.8 Å². The minimum Gasteiger partial charge on any atom is -0.268 e. The average Bonchev–Trinajstić information content (AvgIpc) is 3.15. The molecule has 0 fully saturated rings. The molecule has 0 spiro atoms. The van der Waals surface area contributed by atoms with Gasteiger partial charge in [0.05, 0.1) is 23.6 Å². The topological polar surface area (TPSA) is 26.6 Å². The van der Waals surface area contributed by atoms with Crippen molar-refractivity contribution in [3.8, 4) is 0 Å². The largest absolute Gasteiger partial charge is 0.268 e. The monoisotopic (exact) mass is 333 g/mol. The van der Waals surface area contributed by atoms with Crippen LogP contribution in [-0.4, -0.2) is 14.5 Å². The predicted molar refractivity (Wildman–Crippen MR) is 102 cm³/mol. The Kier molecular flexibility index (Phi) is 3.83. The molecule has 0 aliphatic rings. The fourth-order valence-electron chi connectivity index (χ4n) is 3.92. The Morgan fingerprint density at radius 1 is 1.08 bits per heavy atom. The second-order valence-corrected chi connectivity index (χ2v) is 6.94. The third-order valence-corrected chi connectivity index (χ3v) is 5.33. The Labute approximate surface area is 148 Å². The van der Waals surface area contributed by atoms with Gasteiger partial charge < -0.3 is 0 Å². The van der Waals surface area contributed by atoms with Gasteiger partial charge in [0.15, 0.2) is 7.05 Å². The van der Waals surface area contributed by atoms with Gasteiger partial charge in [0.2, 0.25) is 6.20 Å². The van der Waals surface area contributed by atoms with E-state index in [-0.39, 0.29) is 0 Å². The van der Waals surface area contributed by atoms with Crippen LogP contribution >= 0.6 is 0 Å². The zero-order valence-corrected chi connectivity index (χ0v) is 15.4. The first-order chi connectivity index (χ1) is 12.1. The summed E-state index contributed by atoms with van der Waals surface area (Å²) in [6.07, 6.45) is 5.31.